The molecule has 0 fully saturated rings. The van der Waals surface area contributed by atoms with Crippen molar-refractivity contribution in [3.05, 3.63) is 16.4 Å². The Hall–Kier alpha value is -1.05. The fraction of sp³-hybridized carbons (Fsp3) is 0.500. The fourth-order valence-corrected chi connectivity index (χ4v) is 3.69. The van der Waals surface area contributed by atoms with Crippen LogP contribution in [0.5, 0.6) is 0 Å². The van der Waals surface area contributed by atoms with Crippen LogP contribution in [-0.4, -0.2) is 30.5 Å². The SMILES string of the molecule is CNC(=O)c1c(Cl)c(S(=O)(=O)O)c2n1CCCC2. The van der Waals surface area contributed by atoms with Gasteiger partial charge in [0.05, 0.1) is 5.02 Å². The van der Waals surface area contributed by atoms with Gasteiger partial charge in [-0.1, -0.05) is 11.6 Å². The Morgan fingerprint density at radius 3 is 2.67 bits per heavy atom. The van der Waals surface area contributed by atoms with Crippen LogP contribution in [0.1, 0.15) is 29.0 Å². The summed E-state index contributed by atoms with van der Waals surface area (Å²) in [5, 5.41) is 2.22. The van der Waals surface area contributed by atoms with Gasteiger partial charge in [0.2, 0.25) is 0 Å². The van der Waals surface area contributed by atoms with Crippen molar-refractivity contribution < 1.29 is 17.8 Å². The molecule has 0 radical (unpaired) electrons. The molecule has 1 aliphatic rings. The van der Waals surface area contributed by atoms with E-state index in [9.17, 15) is 17.8 Å². The predicted molar refractivity (Wildman–Crippen MR) is 65.6 cm³/mol. The zero-order valence-electron chi connectivity index (χ0n) is 9.73. The molecule has 1 aromatic rings. The van der Waals surface area contributed by atoms with Crippen molar-refractivity contribution in [2.24, 2.45) is 0 Å². The Morgan fingerprint density at radius 2 is 2.11 bits per heavy atom. The first-order valence-electron chi connectivity index (χ1n) is 5.48. The third kappa shape index (κ3) is 2.02. The first-order chi connectivity index (χ1) is 8.38. The van der Waals surface area contributed by atoms with Gasteiger partial charge in [-0.2, -0.15) is 8.42 Å². The highest BCUT2D eigenvalue weighted by atomic mass is 35.5. The van der Waals surface area contributed by atoms with E-state index in [0.29, 0.717) is 18.7 Å². The van der Waals surface area contributed by atoms with E-state index < -0.39 is 16.0 Å². The summed E-state index contributed by atoms with van der Waals surface area (Å²) in [5.41, 5.74) is 0.508. The van der Waals surface area contributed by atoms with Crippen LogP contribution in [0.15, 0.2) is 4.90 Å². The maximum absolute atomic E-state index is 11.8. The quantitative estimate of drug-likeness (QED) is 0.799. The first-order valence-corrected chi connectivity index (χ1v) is 7.30. The van der Waals surface area contributed by atoms with Crippen LogP contribution in [-0.2, 0) is 23.1 Å². The molecule has 0 aliphatic carbocycles. The lowest BCUT2D eigenvalue weighted by atomic mass is 10.1. The second-order valence-electron chi connectivity index (χ2n) is 4.10. The fourth-order valence-electron chi connectivity index (χ4n) is 2.27. The zero-order valence-corrected chi connectivity index (χ0v) is 11.3. The van der Waals surface area contributed by atoms with Crippen molar-refractivity contribution in [2.75, 3.05) is 7.05 Å². The topological polar surface area (TPSA) is 88.4 Å². The van der Waals surface area contributed by atoms with E-state index >= 15 is 0 Å². The van der Waals surface area contributed by atoms with Gasteiger partial charge in [-0.25, -0.2) is 0 Å². The number of hydrogen-bond donors (Lipinski definition) is 2. The zero-order chi connectivity index (χ0) is 13.5. The van der Waals surface area contributed by atoms with Crippen molar-refractivity contribution in [1.29, 1.82) is 0 Å². The number of halogens is 1. The van der Waals surface area contributed by atoms with Gasteiger partial charge in [0.15, 0.2) is 0 Å². The van der Waals surface area contributed by atoms with E-state index in [1.165, 1.54) is 7.05 Å². The predicted octanol–water partition coefficient (Wildman–Crippen LogP) is 1.08. The van der Waals surface area contributed by atoms with Crippen LogP contribution in [0.2, 0.25) is 5.02 Å². The number of carbonyl (C=O) groups excluding carboxylic acids is 1. The number of rotatable bonds is 2. The molecular weight excluding hydrogens is 280 g/mol. The number of nitrogens with zero attached hydrogens (tertiary/aromatic N) is 1. The second-order valence-corrected chi connectivity index (χ2v) is 5.84. The summed E-state index contributed by atoms with van der Waals surface area (Å²) in [7, 11) is -2.99. The largest absolute Gasteiger partial charge is 0.354 e. The van der Waals surface area contributed by atoms with Crippen LogP contribution >= 0.6 is 11.6 Å². The van der Waals surface area contributed by atoms with Crippen LogP contribution in [0.3, 0.4) is 0 Å². The normalized spacial score (nSPS) is 15.3. The summed E-state index contributed by atoms with van der Waals surface area (Å²) >= 11 is 5.96. The number of fused-ring (bicyclic) bond motifs is 1. The minimum atomic E-state index is -4.43. The molecule has 0 saturated heterocycles. The molecule has 1 amide bonds. The average molecular weight is 293 g/mol. The van der Waals surface area contributed by atoms with Crippen molar-refractivity contribution in [1.82, 2.24) is 9.88 Å². The molecule has 18 heavy (non-hydrogen) atoms. The van der Waals surface area contributed by atoms with Crippen molar-refractivity contribution in [3.8, 4) is 0 Å². The Balaban J connectivity index is 2.77. The van der Waals surface area contributed by atoms with E-state index in [4.69, 9.17) is 11.6 Å². The lowest BCUT2D eigenvalue weighted by molar-refractivity contribution is 0.0953. The summed E-state index contributed by atoms with van der Waals surface area (Å²) in [5.74, 6) is -0.460. The molecule has 0 unspecified atom stereocenters. The van der Waals surface area contributed by atoms with Crippen LogP contribution in [0.25, 0.3) is 0 Å². The highest BCUT2D eigenvalue weighted by Crippen LogP contribution is 2.35. The molecule has 100 valence electrons. The summed E-state index contributed by atoms with van der Waals surface area (Å²) in [4.78, 5) is 11.4. The highest BCUT2D eigenvalue weighted by molar-refractivity contribution is 7.86. The van der Waals surface area contributed by atoms with Gasteiger partial charge >= 0.3 is 0 Å². The summed E-state index contributed by atoms with van der Waals surface area (Å²) in [6.45, 7) is 0.521. The maximum atomic E-state index is 11.8. The van der Waals surface area contributed by atoms with Gasteiger partial charge in [-0.15, -0.1) is 0 Å². The van der Waals surface area contributed by atoms with Gasteiger partial charge in [0.1, 0.15) is 10.6 Å². The minimum Gasteiger partial charge on any atom is -0.354 e. The molecule has 2 N–H and O–H groups in total. The van der Waals surface area contributed by atoms with E-state index in [-0.39, 0.29) is 15.6 Å². The van der Waals surface area contributed by atoms with Crippen LogP contribution in [0, 0.1) is 0 Å². The summed E-state index contributed by atoms with van der Waals surface area (Å²) in [6, 6.07) is 0. The van der Waals surface area contributed by atoms with E-state index in [2.05, 4.69) is 5.32 Å². The van der Waals surface area contributed by atoms with Gasteiger partial charge in [0, 0.05) is 19.3 Å². The number of amides is 1. The second kappa shape index (κ2) is 4.56. The van der Waals surface area contributed by atoms with Crippen LogP contribution < -0.4 is 5.32 Å². The van der Waals surface area contributed by atoms with Crippen LogP contribution in [0.4, 0.5) is 0 Å². The van der Waals surface area contributed by atoms with Crippen molar-refractivity contribution in [3.63, 3.8) is 0 Å². The Kier molecular flexibility index (Phi) is 3.39. The molecule has 2 rings (SSSR count). The van der Waals surface area contributed by atoms with Gasteiger partial charge in [0.25, 0.3) is 16.0 Å². The third-order valence-corrected chi connectivity index (χ3v) is 4.45. The average Bonchev–Trinajstić information content (AvgIpc) is 2.59. The summed E-state index contributed by atoms with van der Waals surface area (Å²) < 4.78 is 33.6. The monoisotopic (exact) mass is 292 g/mol. The number of aromatic nitrogens is 1. The Labute approximate surface area is 110 Å². The molecule has 0 saturated carbocycles. The minimum absolute atomic E-state index is 0.0986. The lowest BCUT2D eigenvalue weighted by Crippen LogP contribution is -2.24. The standard InChI is InChI=1S/C10H13ClN2O4S/c1-12-10(14)8-7(11)9(18(15,16)17)6-4-2-3-5-13(6)8/h2-5H2,1H3,(H,12,14)(H,15,16,17). The Morgan fingerprint density at radius 1 is 1.44 bits per heavy atom. The molecule has 0 bridgehead atoms. The van der Waals surface area contributed by atoms with Crippen molar-refractivity contribution in [2.45, 2.75) is 30.7 Å². The molecule has 0 aromatic carbocycles. The summed E-state index contributed by atoms with van der Waals surface area (Å²) in [6.07, 6.45) is 2.12. The third-order valence-electron chi connectivity index (χ3n) is 3.01. The molecule has 1 aromatic heterocycles. The lowest BCUT2D eigenvalue weighted by Gasteiger charge is -2.17. The van der Waals surface area contributed by atoms with E-state index in [0.717, 1.165) is 12.8 Å². The molecule has 6 nitrogen and oxygen atoms in total. The van der Waals surface area contributed by atoms with Crippen molar-refractivity contribution >= 4 is 27.6 Å². The molecule has 0 atom stereocenters. The molecular formula is C10H13ClN2O4S. The number of carbonyl (C=O) groups is 1. The van der Waals surface area contributed by atoms with Gasteiger partial charge in [-0.3, -0.25) is 9.35 Å². The maximum Gasteiger partial charge on any atom is 0.297 e. The highest BCUT2D eigenvalue weighted by Gasteiger charge is 2.32. The molecule has 1 aliphatic heterocycles. The Bertz CT molecular complexity index is 606. The number of hydrogen-bond acceptors (Lipinski definition) is 3. The van der Waals surface area contributed by atoms with E-state index in [1.807, 2.05) is 0 Å². The molecule has 8 heteroatoms. The smallest absolute Gasteiger partial charge is 0.297 e. The number of nitrogens with one attached hydrogen (secondary N) is 1. The van der Waals surface area contributed by atoms with Gasteiger partial charge < -0.3 is 9.88 Å². The van der Waals surface area contributed by atoms with Gasteiger partial charge in [-0.05, 0) is 19.3 Å². The molecule has 2 heterocycles. The first kappa shape index (κ1) is 13.4. The van der Waals surface area contributed by atoms with E-state index in [1.54, 1.807) is 4.57 Å². The molecule has 0 spiro atoms.